The Balaban J connectivity index is 2.25. The summed E-state index contributed by atoms with van der Waals surface area (Å²) in [6.45, 7) is 5.82. The normalized spacial score (nSPS) is 22.1. The zero-order valence-electron chi connectivity index (χ0n) is 12.1. The minimum atomic E-state index is -0.340. The van der Waals surface area contributed by atoms with Crippen molar-refractivity contribution in [2.45, 2.75) is 20.3 Å². The quantitative estimate of drug-likeness (QED) is 0.885. The van der Waals surface area contributed by atoms with Crippen LogP contribution in [0, 0.1) is 11.3 Å². The van der Waals surface area contributed by atoms with E-state index in [2.05, 4.69) is 40.4 Å². The van der Waals surface area contributed by atoms with Gasteiger partial charge in [-0.05, 0) is 37.1 Å². The molecule has 5 heteroatoms. The number of anilines is 1. The Labute approximate surface area is 128 Å². The molecule has 2 N–H and O–H groups in total. The van der Waals surface area contributed by atoms with Gasteiger partial charge in [0, 0.05) is 11.0 Å². The number of rotatable bonds is 4. The van der Waals surface area contributed by atoms with Crippen molar-refractivity contribution in [3.8, 4) is 5.75 Å². The van der Waals surface area contributed by atoms with Gasteiger partial charge in [0.15, 0.2) is 0 Å². The molecule has 0 aromatic heterocycles. The molecule has 0 bridgehead atoms. The zero-order valence-corrected chi connectivity index (χ0v) is 13.7. The number of ether oxygens (including phenoxy) is 1. The number of hydrogen-bond acceptors (Lipinski definition) is 3. The van der Waals surface area contributed by atoms with Gasteiger partial charge in [-0.15, -0.1) is 0 Å². The van der Waals surface area contributed by atoms with Gasteiger partial charge >= 0.3 is 0 Å². The Morgan fingerprint density at radius 1 is 1.50 bits per heavy atom. The molecular formula is C15H21BrN2O2. The lowest BCUT2D eigenvalue weighted by molar-refractivity contribution is -0.126. The Morgan fingerprint density at radius 2 is 2.25 bits per heavy atom. The molecule has 1 aromatic carbocycles. The largest absolute Gasteiger partial charge is 0.495 e. The van der Waals surface area contributed by atoms with Gasteiger partial charge in [-0.25, -0.2) is 0 Å². The number of hydrogen-bond donors (Lipinski definition) is 2. The van der Waals surface area contributed by atoms with E-state index in [4.69, 9.17) is 4.74 Å². The lowest BCUT2D eigenvalue weighted by Gasteiger charge is -2.31. The van der Waals surface area contributed by atoms with Crippen molar-refractivity contribution in [2.24, 2.45) is 11.3 Å². The fourth-order valence-corrected chi connectivity index (χ4v) is 3.05. The van der Waals surface area contributed by atoms with E-state index in [1.54, 1.807) is 7.11 Å². The number of halogens is 1. The summed E-state index contributed by atoms with van der Waals surface area (Å²) in [6.07, 6.45) is 0.868. The molecule has 1 aromatic rings. The average Bonchev–Trinajstić information content (AvgIpc) is 2.89. The summed E-state index contributed by atoms with van der Waals surface area (Å²) in [5.41, 5.74) is 0.367. The third-order valence-corrected chi connectivity index (χ3v) is 4.65. The van der Waals surface area contributed by atoms with Crippen LogP contribution in [0.25, 0.3) is 0 Å². The lowest BCUT2D eigenvalue weighted by atomic mass is 9.75. The summed E-state index contributed by atoms with van der Waals surface area (Å²) in [6, 6.07) is 5.60. The number of carbonyl (C=O) groups is 1. The first-order chi connectivity index (χ1) is 9.49. The van der Waals surface area contributed by atoms with E-state index in [1.165, 1.54) is 0 Å². The first-order valence-electron chi connectivity index (χ1n) is 6.85. The molecule has 1 saturated heterocycles. The van der Waals surface area contributed by atoms with Crippen LogP contribution in [0.1, 0.15) is 20.3 Å². The van der Waals surface area contributed by atoms with E-state index in [-0.39, 0.29) is 17.2 Å². The molecular weight excluding hydrogens is 320 g/mol. The maximum atomic E-state index is 12.7. The fraction of sp³-hybridized carbons (Fsp3) is 0.533. The third kappa shape index (κ3) is 2.83. The number of amides is 1. The van der Waals surface area contributed by atoms with Gasteiger partial charge in [-0.3, -0.25) is 4.79 Å². The predicted octanol–water partition coefficient (Wildman–Crippen LogP) is 3.03. The topological polar surface area (TPSA) is 50.4 Å². The molecule has 1 unspecified atom stereocenters. The predicted molar refractivity (Wildman–Crippen MR) is 84.1 cm³/mol. The minimum Gasteiger partial charge on any atom is -0.495 e. The van der Waals surface area contributed by atoms with Crippen LogP contribution >= 0.6 is 15.9 Å². The highest BCUT2D eigenvalue weighted by atomic mass is 79.9. The Morgan fingerprint density at radius 3 is 2.80 bits per heavy atom. The van der Waals surface area contributed by atoms with Crippen LogP contribution in [0.2, 0.25) is 0 Å². The van der Waals surface area contributed by atoms with Gasteiger partial charge in [0.25, 0.3) is 0 Å². The van der Waals surface area contributed by atoms with Crippen LogP contribution < -0.4 is 15.4 Å². The summed E-state index contributed by atoms with van der Waals surface area (Å²) in [7, 11) is 1.61. The number of methoxy groups -OCH3 is 1. The number of carbonyl (C=O) groups excluding carboxylic acids is 1. The molecule has 110 valence electrons. The van der Waals surface area contributed by atoms with Crippen molar-refractivity contribution in [3.05, 3.63) is 22.7 Å². The minimum absolute atomic E-state index is 0.0638. The van der Waals surface area contributed by atoms with Crippen LogP contribution in [-0.2, 0) is 4.79 Å². The Hall–Kier alpha value is -1.07. The number of nitrogens with one attached hydrogen (secondary N) is 2. The molecule has 20 heavy (non-hydrogen) atoms. The molecule has 2 rings (SSSR count). The molecule has 4 nitrogen and oxygen atoms in total. The van der Waals surface area contributed by atoms with E-state index in [0.717, 1.165) is 24.0 Å². The Kier molecular flexibility index (Phi) is 4.70. The highest BCUT2D eigenvalue weighted by Gasteiger charge is 2.44. The van der Waals surface area contributed by atoms with Gasteiger partial charge in [0.1, 0.15) is 5.75 Å². The molecule has 0 saturated carbocycles. The maximum Gasteiger partial charge on any atom is 0.232 e. The van der Waals surface area contributed by atoms with Crippen LogP contribution in [-0.4, -0.2) is 26.1 Å². The SMILES string of the molecule is COc1ccc(Br)cc1NC(=O)C1(C(C)C)CCNC1. The highest BCUT2D eigenvalue weighted by molar-refractivity contribution is 9.10. The molecule has 0 spiro atoms. The average molecular weight is 341 g/mol. The summed E-state index contributed by atoms with van der Waals surface area (Å²) in [4.78, 5) is 12.7. The van der Waals surface area contributed by atoms with Crippen molar-refractivity contribution in [2.75, 3.05) is 25.5 Å². The molecule has 0 aliphatic carbocycles. The summed E-state index contributed by atoms with van der Waals surface area (Å²) >= 11 is 3.42. The second-order valence-electron chi connectivity index (χ2n) is 5.54. The van der Waals surface area contributed by atoms with Gasteiger partial charge in [0.2, 0.25) is 5.91 Å². The monoisotopic (exact) mass is 340 g/mol. The number of benzene rings is 1. The molecule has 1 amide bonds. The standard InChI is InChI=1S/C15H21BrN2O2/c1-10(2)15(6-7-17-9-15)14(19)18-12-8-11(16)4-5-13(12)20-3/h4-5,8,10,17H,6-7,9H2,1-3H3,(H,18,19). The van der Waals surface area contributed by atoms with E-state index in [9.17, 15) is 4.79 Å². The van der Waals surface area contributed by atoms with Crippen molar-refractivity contribution >= 4 is 27.5 Å². The zero-order chi connectivity index (χ0) is 14.8. The first-order valence-corrected chi connectivity index (χ1v) is 7.64. The summed E-state index contributed by atoms with van der Waals surface area (Å²) in [5.74, 6) is 1.02. The van der Waals surface area contributed by atoms with E-state index in [0.29, 0.717) is 11.4 Å². The summed E-state index contributed by atoms with van der Waals surface area (Å²) in [5, 5.41) is 6.33. The second kappa shape index (κ2) is 6.14. The van der Waals surface area contributed by atoms with Gasteiger partial charge < -0.3 is 15.4 Å². The smallest absolute Gasteiger partial charge is 0.232 e. The van der Waals surface area contributed by atoms with E-state index in [1.807, 2.05) is 18.2 Å². The van der Waals surface area contributed by atoms with Crippen molar-refractivity contribution in [1.82, 2.24) is 5.32 Å². The van der Waals surface area contributed by atoms with Crippen LogP contribution in [0.5, 0.6) is 5.75 Å². The van der Waals surface area contributed by atoms with E-state index < -0.39 is 0 Å². The second-order valence-corrected chi connectivity index (χ2v) is 6.45. The van der Waals surface area contributed by atoms with Gasteiger partial charge in [-0.1, -0.05) is 29.8 Å². The van der Waals surface area contributed by atoms with Crippen molar-refractivity contribution in [1.29, 1.82) is 0 Å². The van der Waals surface area contributed by atoms with Crippen LogP contribution in [0.15, 0.2) is 22.7 Å². The third-order valence-electron chi connectivity index (χ3n) is 4.16. The van der Waals surface area contributed by atoms with Gasteiger partial charge in [-0.2, -0.15) is 0 Å². The lowest BCUT2D eigenvalue weighted by Crippen LogP contribution is -2.42. The molecule has 1 heterocycles. The maximum absolute atomic E-state index is 12.7. The van der Waals surface area contributed by atoms with Crippen molar-refractivity contribution in [3.63, 3.8) is 0 Å². The van der Waals surface area contributed by atoms with Crippen molar-refractivity contribution < 1.29 is 9.53 Å². The first kappa shape index (κ1) is 15.3. The fourth-order valence-electron chi connectivity index (χ4n) is 2.68. The molecule has 1 aliphatic rings. The van der Waals surface area contributed by atoms with Crippen LogP contribution in [0.4, 0.5) is 5.69 Å². The Bertz CT molecular complexity index is 497. The molecule has 1 atom stereocenters. The van der Waals surface area contributed by atoms with E-state index >= 15 is 0 Å². The molecule has 0 radical (unpaired) electrons. The van der Waals surface area contributed by atoms with Gasteiger partial charge in [0.05, 0.1) is 18.2 Å². The molecule has 1 fully saturated rings. The van der Waals surface area contributed by atoms with Crippen LogP contribution in [0.3, 0.4) is 0 Å². The summed E-state index contributed by atoms with van der Waals surface area (Å²) < 4.78 is 6.22. The molecule has 1 aliphatic heterocycles. The highest BCUT2D eigenvalue weighted by Crippen LogP contribution is 2.37.